The average molecular weight is 416 g/mol. The van der Waals surface area contributed by atoms with E-state index in [4.69, 9.17) is 9.31 Å². The normalized spacial score (nSPS) is 22.1. The molecule has 0 saturated carbocycles. The number of nitrogens with one attached hydrogen (secondary N) is 1. The van der Waals surface area contributed by atoms with Crippen LogP contribution >= 0.6 is 0 Å². The van der Waals surface area contributed by atoms with Gasteiger partial charge >= 0.3 is 7.12 Å². The lowest BCUT2D eigenvalue weighted by Gasteiger charge is -2.35. The van der Waals surface area contributed by atoms with Crippen LogP contribution in [0.1, 0.15) is 43.6 Å². The second-order valence-corrected chi connectivity index (χ2v) is 8.58. The Morgan fingerprint density at radius 2 is 1.77 bits per heavy atom. The molecule has 2 aliphatic rings. The number of hydrogen-bond donors (Lipinski definition) is 2. The predicted octanol–water partition coefficient (Wildman–Crippen LogP) is 2.92. The summed E-state index contributed by atoms with van der Waals surface area (Å²) in [5.41, 5.74) is 0.199. The van der Waals surface area contributed by atoms with Crippen molar-refractivity contribution >= 4 is 29.9 Å². The summed E-state index contributed by atoms with van der Waals surface area (Å²) in [5.74, 6) is -2.54. The van der Waals surface area contributed by atoms with Crippen molar-refractivity contribution in [3.8, 4) is 0 Å². The predicted molar refractivity (Wildman–Crippen MR) is 110 cm³/mol. The van der Waals surface area contributed by atoms with Gasteiger partial charge in [0.1, 0.15) is 11.6 Å². The number of aliphatic hydroxyl groups excluding tert-OH is 1. The van der Waals surface area contributed by atoms with Crippen molar-refractivity contribution < 1.29 is 28.0 Å². The Bertz CT molecular complexity index is 1030. The summed E-state index contributed by atoms with van der Waals surface area (Å²) in [6.45, 7) is 9.53. The minimum atomic E-state index is -1.53. The van der Waals surface area contributed by atoms with E-state index in [9.17, 15) is 18.7 Å². The molecule has 1 amide bonds. The van der Waals surface area contributed by atoms with Crippen LogP contribution in [-0.2, 0) is 9.31 Å². The number of amides is 1. The van der Waals surface area contributed by atoms with E-state index in [0.717, 1.165) is 11.0 Å². The highest BCUT2D eigenvalue weighted by molar-refractivity contribution is 6.62. The third-order valence-electron chi connectivity index (χ3n) is 6.14. The molecule has 158 valence electrons. The number of benzene rings is 2. The molecule has 0 radical (unpaired) electrons. The van der Waals surface area contributed by atoms with Crippen LogP contribution in [0.15, 0.2) is 30.3 Å². The van der Waals surface area contributed by atoms with E-state index in [-0.39, 0.29) is 11.3 Å². The highest BCUT2D eigenvalue weighted by Gasteiger charge is 2.52. The smallest absolute Gasteiger partial charge is 0.399 e. The van der Waals surface area contributed by atoms with E-state index in [1.165, 1.54) is 0 Å². The largest absolute Gasteiger partial charge is 0.495 e. The van der Waals surface area contributed by atoms with Gasteiger partial charge in [-0.2, -0.15) is 0 Å². The van der Waals surface area contributed by atoms with Crippen LogP contribution in [0.4, 0.5) is 20.2 Å². The van der Waals surface area contributed by atoms with Crippen LogP contribution in [0.3, 0.4) is 0 Å². The molecule has 0 aliphatic carbocycles. The van der Waals surface area contributed by atoms with Gasteiger partial charge in [-0.15, -0.1) is 0 Å². The fourth-order valence-electron chi connectivity index (χ4n) is 3.69. The van der Waals surface area contributed by atoms with E-state index < -0.39 is 42.2 Å². The standard InChI is InChI=1S/C21H23BF2N2O4/c1-11-14(22-29-20(2,3)21(4,5)30-22)7-6-8-16(11)26-18(27)13-9-12(23)10-15(24)17(13)25-19(26)28/h6-10,19,25,28H,1-5H3. The summed E-state index contributed by atoms with van der Waals surface area (Å²) < 4.78 is 40.0. The SMILES string of the molecule is Cc1c(B2OC(C)(C)C(C)(C)O2)cccc1N1C(=O)c2cc(F)cc(F)c2NC1O. The number of carbonyl (C=O) groups excluding carboxylic acids is 1. The van der Waals surface area contributed by atoms with Crippen LogP contribution in [0.5, 0.6) is 0 Å². The second kappa shape index (κ2) is 6.76. The minimum Gasteiger partial charge on any atom is -0.399 e. The Labute approximate surface area is 173 Å². The number of nitrogens with zero attached hydrogens (tertiary/aromatic N) is 1. The van der Waals surface area contributed by atoms with Crippen molar-refractivity contribution in [3.63, 3.8) is 0 Å². The summed E-state index contributed by atoms with van der Waals surface area (Å²) in [4.78, 5) is 14.1. The molecule has 2 N–H and O–H groups in total. The molecule has 1 saturated heterocycles. The molecule has 1 atom stereocenters. The molecule has 2 aliphatic heterocycles. The zero-order chi connectivity index (χ0) is 22.0. The molecule has 9 heteroatoms. The third-order valence-corrected chi connectivity index (χ3v) is 6.14. The fourth-order valence-corrected chi connectivity index (χ4v) is 3.69. The summed E-state index contributed by atoms with van der Waals surface area (Å²) >= 11 is 0. The molecule has 0 bridgehead atoms. The Kier molecular flexibility index (Phi) is 4.68. The topological polar surface area (TPSA) is 71.0 Å². The molecule has 1 fully saturated rings. The molecule has 0 aromatic heterocycles. The van der Waals surface area contributed by atoms with Crippen molar-refractivity contribution in [2.75, 3.05) is 10.2 Å². The van der Waals surface area contributed by atoms with Gasteiger partial charge < -0.3 is 19.7 Å². The van der Waals surface area contributed by atoms with Crippen LogP contribution in [0.25, 0.3) is 0 Å². The highest BCUT2D eigenvalue weighted by atomic mass is 19.1. The molecule has 4 rings (SSSR count). The van der Waals surface area contributed by atoms with Gasteiger partial charge in [0.25, 0.3) is 5.91 Å². The van der Waals surface area contributed by atoms with E-state index in [0.29, 0.717) is 22.8 Å². The molecular formula is C21H23BF2N2O4. The number of halogens is 2. The summed E-state index contributed by atoms with van der Waals surface area (Å²) in [6, 6.07) is 6.78. The lowest BCUT2D eigenvalue weighted by Crippen LogP contribution is -2.50. The Hall–Kier alpha value is -2.49. The number of anilines is 2. The van der Waals surface area contributed by atoms with Crippen LogP contribution in [-0.4, -0.2) is 35.7 Å². The van der Waals surface area contributed by atoms with Gasteiger partial charge in [0, 0.05) is 6.07 Å². The Morgan fingerprint density at radius 3 is 2.40 bits per heavy atom. The molecular weight excluding hydrogens is 393 g/mol. The molecule has 6 nitrogen and oxygen atoms in total. The van der Waals surface area contributed by atoms with E-state index in [1.807, 2.05) is 33.8 Å². The number of aliphatic hydroxyl groups is 1. The van der Waals surface area contributed by atoms with Crippen molar-refractivity contribution in [1.29, 1.82) is 0 Å². The van der Waals surface area contributed by atoms with Gasteiger partial charge in [0.2, 0.25) is 6.35 Å². The van der Waals surface area contributed by atoms with E-state index >= 15 is 0 Å². The maximum atomic E-state index is 14.1. The Balaban J connectivity index is 1.75. The van der Waals surface area contributed by atoms with Gasteiger partial charge in [-0.3, -0.25) is 9.69 Å². The first-order valence-corrected chi connectivity index (χ1v) is 9.65. The fraction of sp³-hybridized carbons (Fsp3) is 0.381. The second-order valence-electron chi connectivity index (χ2n) is 8.58. The highest BCUT2D eigenvalue weighted by Crippen LogP contribution is 2.38. The molecule has 1 unspecified atom stereocenters. The van der Waals surface area contributed by atoms with Crippen LogP contribution in [0, 0.1) is 18.6 Å². The van der Waals surface area contributed by atoms with E-state index in [1.54, 1.807) is 19.1 Å². The lowest BCUT2D eigenvalue weighted by atomic mass is 9.75. The number of fused-ring (bicyclic) bond motifs is 1. The molecule has 30 heavy (non-hydrogen) atoms. The zero-order valence-corrected chi connectivity index (χ0v) is 17.4. The molecule has 2 aromatic carbocycles. The lowest BCUT2D eigenvalue weighted by molar-refractivity contribution is 0.00578. The average Bonchev–Trinajstić information content (AvgIpc) is 2.85. The maximum Gasteiger partial charge on any atom is 0.495 e. The molecule has 0 spiro atoms. The minimum absolute atomic E-state index is 0.196. The molecule has 2 aromatic rings. The van der Waals surface area contributed by atoms with Gasteiger partial charge in [0.05, 0.1) is 28.1 Å². The number of rotatable bonds is 2. The zero-order valence-electron chi connectivity index (χ0n) is 17.4. The Morgan fingerprint density at radius 1 is 1.13 bits per heavy atom. The van der Waals surface area contributed by atoms with Gasteiger partial charge in [0.15, 0.2) is 0 Å². The van der Waals surface area contributed by atoms with Gasteiger partial charge in [-0.05, 0) is 57.8 Å². The molecule has 2 heterocycles. The number of carbonyl (C=O) groups is 1. The maximum absolute atomic E-state index is 14.1. The summed E-state index contributed by atoms with van der Waals surface area (Å²) in [5, 5.41) is 13.1. The van der Waals surface area contributed by atoms with Gasteiger partial charge in [-0.25, -0.2) is 8.78 Å². The monoisotopic (exact) mass is 416 g/mol. The third kappa shape index (κ3) is 3.08. The summed E-state index contributed by atoms with van der Waals surface area (Å²) in [6.07, 6.45) is -1.53. The van der Waals surface area contributed by atoms with Crippen LogP contribution < -0.4 is 15.7 Å². The summed E-state index contributed by atoms with van der Waals surface area (Å²) in [7, 11) is -0.665. The van der Waals surface area contributed by atoms with Gasteiger partial charge in [-0.1, -0.05) is 12.1 Å². The van der Waals surface area contributed by atoms with Crippen molar-refractivity contribution in [2.45, 2.75) is 52.2 Å². The van der Waals surface area contributed by atoms with Crippen molar-refractivity contribution in [1.82, 2.24) is 0 Å². The number of hydrogen-bond acceptors (Lipinski definition) is 5. The van der Waals surface area contributed by atoms with E-state index in [2.05, 4.69) is 5.32 Å². The van der Waals surface area contributed by atoms with Crippen molar-refractivity contribution in [3.05, 3.63) is 53.1 Å². The van der Waals surface area contributed by atoms with Crippen LogP contribution in [0.2, 0.25) is 0 Å². The van der Waals surface area contributed by atoms with Crippen molar-refractivity contribution in [2.24, 2.45) is 0 Å². The quantitative estimate of drug-likeness (QED) is 0.737. The first-order valence-electron chi connectivity index (χ1n) is 9.65. The first-order chi connectivity index (χ1) is 13.9. The first kappa shape index (κ1) is 20.8.